The number of nitrogens with zero attached hydrogens (tertiary/aromatic N) is 2. The van der Waals surface area contributed by atoms with Crippen LogP contribution in [0, 0.1) is 5.92 Å². The van der Waals surface area contributed by atoms with Gasteiger partial charge in [0.05, 0.1) is 28.3 Å². The van der Waals surface area contributed by atoms with Gasteiger partial charge in [0.15, 0.2) is 5.78 Å². The number of likely N-dealkylation sites (tertiary alicyclic amines) is 1. The van der Waals surface area contributed by atoms with Crippen molar-refractivity contribution in [3.8, 4) is 0 Å². The number of halogens is 2. The number of aromatic nitrogens is 1. The SMILES string of the molecule is Cn1cc(NC(=O)c2cc(Cl)c(CC(=O)COC(OC3CCC(C(=O)O)CC3)N3CCCC3)cc2Cl)c2ccccc21. The highest BCUT2D eigenvalue weighted by Crippen LogP contribution is 2.31. The molecule has 1 atom stereocenters. The van der Waals surface area contributed by atoms with Crippen LogP contribution in [0.15, 0.2) is 42.6 Å². The number of hydrogen-bond acceptors (Lipinski definition) is 6. The van der Waals surface area contributed by atoms with Crippen molar-refractivity contribution in [3.05, 3.63) is 63.8 Å². The number of anilines is 1. The number of aryl methyl sites for hydroxylation is 1. The number of carbonyl (C=O) groups excluding carboxylic acids is 2. The van der Waals surface area contributed by atoms with Crippen LogP contribution >= 0.6 is 23.2 Å². The Hall–Kier alpha value is -2.95. The Morgan fingerprint density at radius 3 is 2.48 bits per heavy atom. The predicted octanol–water partition coefficient (Wildman–Crippen LogP) is 5.91. The van der Waals surface area contributed by atoms with Crippen LogP contribution in [0.25, 0.3) is 10.9 Å². The third kappa shape index (κ3) is 7.15. The van der Waals surface area contributed by atoms with Gasteiger partial charge in [-0.2, -0.15) is 0 Å². The van der Waals surface area contributed by atoms with E-state index in [1.165, 1.54) is 6.07 Å². The third-order valence-electron chi connectivity index (χ3n) is 8.07. The van der Waals surface area contributed by atoms with Crippen molar-refractivity contribution >= 4 is 57.5 Å². The Morgan fingerprint density at radius 1 is 1.05 bits per heavy atom. The predicted molar refractivity (Wildman–Crippen MR) is 161 cm³/mol. The van der Waals surface area contributed by atoms with Crippen molar-refractivity contribution in [2.75, 3.05) is 25.0 Å². The second-order valence-electron chi connectivity index (χ2n) is 11.1. The molecule has 1 aliphatic carbocycles. The fraction of sp³-hybridized carbons (Fsp3) is 0.452. The van der Waals surface area contributed by atoms with Crippen molar-refractivity contribution in [1.82, 2.24) is 9.47 Å². The number of carbonyl (C=O) groups is 3. The number of hydrogen-bond donors (Lipinski definition) is 2. The Kier molecular flexibility index (Phi) is 9.85. The van der Waals surface area contributed by atoms with E-state index in [0.29, 0.717) is 36.9 Å². The Bertz CT molecular complexity index is 1460. The van der Waals surface area contributed by atoms with Crippen LogP contribution in [0.1, 0.15) is 54.4 Å². The van der Waals surface area contributed by atoms with Crippen LogP contribution in [0.4, 0.5) is 5.69 Å². The summed E-state index contributed by atoms with van der Waals surface area (Å²) in [6.45, 7) is 1.45. The summed E-state index contributed by atoms with van der Waals surface area (Å²) >= 11 is 13.0. The number of aliphatic carboxylic acids is 1. The fourth-order valence-corrected chi connectivity index (χ4v) is 6.25. The summed E-state index contributed by atoms with van der Waals surface area (Å²) in [5.74, 6) is -1.70. The van der Waals surface area contributed by atoms with Crippen LogP contribution in [-0.4, -0.2) is 64.4 Å². The molecule has 224 valence electrons. The van der Waals surface area contributed by atoms with E-state index in [1.54, 1.807) is 6.07 Å². The quantitative estimate of drug-likeness (QED) is 0.258. The lowest BCUT2D eigenvalue weighted by molar-refractivity contribution is -0.243. The first-order valence-electron chi connectivity index (χ1n) is 14.3. The molecular formula is C31H35Cl2N3O6. The molecule has 11 heteroatoms. The Labute approximate surface area is 254 Å². The largest absolute Gasteiger partial charge is 0.481 e. The molecule has 1 unspecified atom stereocenters. The monoisotopic (exact) mass is 615 g/mol. The number of para-hydroxylation sites is 1. The molecule has 2 N–H and O–H groups in total. The van der Waals surface area contributed by atoms with E-state index in [1.807, 2.05) is 42.1 Å². The van der Waals surface area contributed by atoms with E-state index < -0.39 is 18.3 Å². The number of benzene rings is 2. The molecule has 1 aliphatic heterocycles. The van der Waals surface area contributed by atoms with Gasteiger partial charge >= 0.3 is 5.97 Å². The number of Topliss-reactive ketones (excluding diaryl/α,β-unsaturated/α-hetero) is 1. The Morgan fingerprint density at radius 2 is 1.76 bits per heavy atom. The lowest BCUT2D eigenvalue weighted by Gasteiger charge is -2.33. The minimum absolute atomic E-state index is 0.0137. The maximum absolute atomic E-state index is 13.1. The van der Waals surface area contributed by atoms with Crippen molar-refractivity contribution < 1.29 is 29.0 Å². The molecule has 1 saturated heterocycles. The van der Waals surface area contributed by atoms with Gasteiger partial charge in [-0.25, -0.2) is 0 Å². The Balaban J connectivity index is 1.19. The number of carboxylic acids is 1. The lowest BCUT2D eigenvalue weighted by Crippen LogP contribution is -2.42. The second kappa shape index (κ2) is 13.6. The molecule has 2 heterocycles. The van der Waals surface area contributed by atoms with E-state index in [0.717, 1.165) is 36.8 Å². The van der Waals surface area contributed by atoms with Gasteiger partial charge in [-0.05, 0) is 62.3 Å². The van der Waals surface area contributed by atoms with Crippen molar-refractivity contribution in [2.45, 2.75) is 57.5 Å². The summed E-state index contributed by atoms with van der Waals surface area (Å²) in [7, 11) is 1.91. The molecule has 9 nitrogen and oxygen atoms in total. The standard InChI is InChI=1S/C31H35Cl2N3O6/c1-35-17-27(23-6-2-3-7-28(23)35)34-29(38)24-16-25(32)20(15-26(24)33)14-21(37)18-41-31(36-12-4-5-13-36)42-22-10-8-19(9-11-22)30(39)40/h2-3,6-7,15-17,19,22,31H,4-5,8-14,18H2,1H3,(H,34,38)(H,39,40). The zero-order valence-corrected chi connectivity index (χ0v) is 25.0. The van der Waals surface area contributed by atoms with E-state index >= 15 is 0 Å². The highest BCUT2D eigenvalue weighted by Gasteiger charge is 2.31. The van der Waals surface area contributed by atoms with Gasteiger partial charge in [0.25, 0.3) is 5.91 Å². The van der Waals surface area contributed by atoms with E-state index in [2.05, 4.69) is 10.2 Å². The molecule has 2 fully saturated rings. The van der Waals surface area contributed by atoms with Gasteiger partial charge in [-0.1, -0.05) is 41.4 Å². The first-order valence-corrected chi connectivity index (χ1v) is 15.0. The van der Waals surface area contributed by atoms with Crippen LogP contribution < -0.4 is 5.32 Å². The minimum Gasteiger partial charge on any atom is -0.481 e. The highest BCUT2D eigenvalue weighted by atomic mass is 35.5. The molecule has 42 heavy (non-hydrogen) atoms. The van der Waals surface area contributed by atoms with Crippen LogP contribution in [-0.2, 0) is 32.5 Å². The average Bonchev–Trinajstić information content (AvgIpc) is 3.62. The number of amides is 1. The van der Waals surface area contributed by atoms with Gasteiger partial charge in [0.2, 0.25) is 6.41 Å². The normalized spacial score (nSPS) is 20.1. The van der Waals surface area contributed by atoms with Crippen molar-refractivity contribution in [2.24, 2.45) is 13.0 Å². The maximum atomic E-state index is 13.1. The molecule has 2 aromatic carbocycles. The summed E-state index contributed by atoms with van der Waals surface area (Å²) in [4.78, 5) is 39.4. The summed E-state index contributed by atoms with van der Waals surface area (Å²) in [5.41, 5.74) is 2.35. The third-order valence-corrected chi connectivity index (χ3v) is 8.74. The van der Waals surface area contributed by atoms with Gasteiger partial charge in [0, 0.05) is 48.7 Å². The molecule has 0 spiro atoms. The van der Waals surface area contributed by atoms with Gasteiger partial charge in [0.1, 0.15) is 6.61 Å². The summed E-state index contributed by atoms with van der Waals surface area (Å²) < 4.78 is 14.1. The second-order valence-corrected chi connectivity index (χ2v) is 11.9. The lowest BCUT2D eigenvalue weighted by atomic mass is 9.87. The molecule has 1 amide bonds. The van der Waals surface area contributed by atoms with Crippen LogP contribution in [0.5, 0.6) is 0 Å². The van der Waals surface area contributed by atoms with Gasteiger partial charge in [-0.3, -0.25) is 19.3 Å². The van der Waals surface area contributed by atoms with Gasteiger partial charge in [-0.15, -0.1) is 0 Å². The summed E-state index contributed by atoms with van der Waals surface area (Å²) in [5, 5.41) is 13.5. The van der Waals surface area contributed by atoms with Crippen LogP contribution in [0.3, 0.4) is 0 Å². The van der Waals surface area contributed by atoms with Gasteiger partial charge < -0.3 is 24.5 Å². The topological polar surface area (TPSA) is 110 Å². The van der Waals surface area contributed by atoms with E-state index in [4.69, 9.17) is 32.7 Å². The minimum atomic E-state index is -0.761. The molecule has 0 bridgehead atoms. The first-order chi connectivity index (χ1) is 20.2. The number of ether oxygens (including phenoxy) is 2. The van der Waals surface area contributed by atoms with Crippen molar-refractivity contribution in [1.29, 1.82) is 0 Å². The smallest absolute Gasteiger partial charge is 0.306 e. The number of ketones is 1. The zero-order valence-electron chi connectivity index (χ0n) is 23.5. The maximum Gasteiger partial charge on any atom is 0.306 e. The van der Waals surface area contributed by atoms with E-state index in [-0.39, 0.29) is 46.4 Å². The van der Waals surface area contributed by atoms with E-state index in [9.17, 15) is 19.5 Å². The molecule has 5 rings (SSSR count). The van der Waals surface area contributed by atoms with Crippen LogP contribution in [0.2, 0.25) is 10.0 Å². The molecule has 0 radical (unpaired) electrons. The molecule has 2 aliphatic rings. The van der Waals surface area contributed by atoms with Crippen molar-refractivity contribution in [3.63, 3.8) is 0 Å². The number of nitrogens with one attached hydrogen (secondary N) is 1. The number of carboxylic acid groups (broad SMARTS) is 1. The molecular weight excluding hydrogens is 581 g/mol. The average molecular weight is 617 g/mol. The summed E-state index contributed by atoms with van der Waals surface area (Å²) in [6, 6.07) is 10.8. The number of fused-ring (bicyclic) bond motifs is 1. The number of rotatable bonds is 11. The highest BCUT2D eigenvalue weighted by molar-refractivity contribution is 6.37. The molecule has 1 saturated carbocycles. The first kappa shape index (κ1) is 30.5. The molecule has 1 aromatic heterocycles. The zero-order chi connectivity index (χ0) is 29.8. The fourth-order valence-electron chi connectivity index (χ4n) is 5.75. The molecule has 3 aromatic rings. The summed E-state index contributed by atoms with van der Waals surface area (Å²) in [6.07, 6.45) is 5.53.